The highest BCUT2D eigenvalue weighted by atomic mass is 32.2. The number of anilines is 1. The number of alkyl halides is 2. The Morgan fingerprint density at radius 2 is 1.93 bits per heavy atom. The van der Waals surface area contributed by atoms with E-state index in [1.807, 2.05) is 0 Å². The Hall–Kier alpha value is -1.35. The summed E-state index contributed by atoms with van der Waals surface area (Å²) in [6, 6.07) is 0.279. The Morgan fingerprint density at radius 3 is 2.27 bits per heavy atom. The lowest BCUT2D eigenvalue weighted by atomic mass is 10.3. The molecular weight excluding hydrogens is 235 g/mol. The molecule has 0 unspecified atom stereocenters. The summed E-state index contributed by atoms with van der Waals surface area (Å²) in [6.45, 7) is 0. The lowest BCUT2D eigenvalue weighted by Crippen LogP contribution is -2.18. The second-order valence-electron chi connectivity index (χ2n) is 2.59. The first-order valence-electron chi connectivity index (χ1n) is 3.50. The van der Waals surface area contributed by atoms with Gasteiger partial charge in [-0.3, -0.25) is 0 Å². The van der Waals surface area contributed by atoms with E-state index in [1.54, 1.807) is 0 Å². The molecule has 0 saturated heterocycles. The van der Waals surface area contributed by atoms with Crippen molar-refractivity contribution in [3.05, 3.63) is 17.6 Å². The Labute approximate surface area is 83.0 Å². The van der Waals surface area contributed by atoms with Crippen molar-refractivity contribution < 1.29 is 21.6 Å². The Morgan fingerprint density at radius 1 is 1.40 bits per heavy atom. The third-order valence-electron chi connectivity index (χ3n) is 1.48. The van der Waals surface area contributed by atoms with Gasteiger partial charge in [0.15, 0.2) is 4.90 Å². The highest BCUT2D eigenvalue weighted by molar-refractivity contribution is 7.89. The summed E-state index contributed by atoms with van der Waals surface area (Å²) >= 11 is 0. The molecule has 0 aliphatic heterocycles. The van der Waals surface area contributed by atoms with E-state index in [0.717, 1.165) is 0 Å². The van der Waals surface area contributed by atoms with Gasteiger partial charge in [-0.15, -0.1) is 0 Å². The maximum absolute atomic E-state index is 13.1. The van der Waals surface area contributed by atoms with Crippen molar-refractivity contribution in [1.82, 2.24) is 4.98 Å². The normalized spacial score (nSPS) is 12.1. The van der Waals surface area contributed by atoms with Gasteiger partial charge in [-0.05, 0) is 0 Å². The van der Waals surface area contributed by atoms with Crippen molar-refractivity contribution in [2.75, 3.05) is 5.73 Å². The van der Waals surface area contributed by atoms with Gasteiger partial charge in [-0.2, -0.15) is 0 Å². The summed E-state index contributed by atoms with van der Waals surface area (Å²) < 4.78 is 58.8. The molecule has 0 aliphatic rings. The van der Waals surface area contributed by atoms with Crippen molar-refractivity contribution in [1.29, 1.82) is 0 Å². The fraction of sp³-hybridized carbons (Fsp3) is 0.167. The zero-order chi connectivity index (χ0) is 11.8. The number of nitrogen functional groups attached to an aromatic ring is 1. The van der Waals surface area contributed by atoms with Crippen LogP contribution in [0.1, 0.15) is 12.1 Å². The number of sulfonamides is 1. The van der Waals surface area contributed by atoms with Crippen LogP contribution in [0.2, 0.25) is 0 Å². The highest BCUT2D eigenvalue weighted by Crippen LogP contribution is 2.24. The van der Waals surface area contributed by atoms with Crippen LogP contribution in [0.5, 0.6) is 0 Å². The van der Waals surface area contributed by atoms with Crippen LogP contribution in [0.15, 0.2) is 11.0 Å². The van der Waals surface area contributed by atoms with Gasteiger partial charge in [-0.1, -0.05) is 0 Å². The second kappa shape index (κ2) is 3.66. The van der Waals surface area contributed by atoms with Crippen LogP contribution >= 0.6 is 0 Å². The zero-order valence-electron chi connectivity index (χ0n) is 7.12. The standard InChI is InChI=1S/C6H6F3N3O2S/c7-2-1-3(5(8)9)12-6(10)4(2)15(11,13)14/h1,5H,(H2,10,12)(H2,11,13,14). The van der Waals surface area contributed by atoms with E-state index >= 15 is 0 Å². The van der Waals surface area contributed by atoms with Crippen LogP contribution < -0.4 is 10.9 Å². The molecule has 1 heterocycles. The molecule has 5 nitrogen and oxygen atoms in total. The largest absolute Gasteiger partial charge is 0.382 e. The van der Waals surface area contributed by atoms with Gasteiger partial charge in [0.05, 0.1) is 0 Å². The molecule has 0 saturated carbocycles. The van der Waals surface area contributed by atoms with Crippen LogP contribution in [-0.4, -0.2) is 13.4 Å². The zero-order valence-corrected chi connectivity index (χ0v) is 7.93. The first-order valence-corrected chi connectivity index (χ1v) is 5.05. The molecule has 15 heavy (non-hydrogen) atoms. The van der Waals surface area contributed by atoms with Crippen molar-refractivity contribution in [2.24, 2.45) is 5.14 Å². The molecule has 84 valence electrons. The van der Waals surface area contributed by atoms with Crippen LogP contribution in [0.3, 0.4) is 0 Å². The highest BCUT2D eigenvalue weighted by Gasteiger charge is 2.23. The number of hydrogen-bond acceptors (Lipinski definition) is 4. The molecule has 1 aromatic heterocycles. The molecule has 0 aromatic carbocycles. The number of hydrogen-bond donors (Lipinski definition) is 2. The van der Waals surface area contributed by atoms with E-state index in [9.17, 15) is 21.6 Å². The summed E-state index contributed by atoms with van der Waals surface area (Å²) in [5, 5.41) is 4.61. The Balaban J connectivity index is 3.48. The van der Waals surface area contributed by atoms with E-state index in [1.165, 1.54) is 0 Å². The molecule has 0 spiro atoms. The van der Waals surface area contributed by atoms with Gasteiger partial charge in [0.25, 0.3) is 6.43 Å². The second-order valence-corrected chi connectivity index (χ2v) is 4.09. The van der Waals surface area contributed by atoms with Gasteiger partial charge >= 0.3 is 0 Å². The smallest absolute Gasteiger partial charge is 0.280 e. The Bertz CT molecular complexity index is 465. The summed E-state index contributed by atoms with van der Waals surface area (Å²) in [5.41, 5.74) is 4.06. The van der Waals surface area contributed by atoms with Crippen molar-refractivity contribution in [2.45, 2.75) is 11.3 Å². The molecule has 0 radical (unpaired) electrons. The van der Waals surface area contributed by atoms with E-state index in [2.05, 4.69) is 10.1 Å². The number of primary sulfonamides is 1. The van der Waals surface area contributed by atoms with Crippen molar-refractivity contribution in [3.8, 4) is 0 Å². The van der Waals surface area contributed by atoms with E-state index in [0.29, 0.717) is 0 Å². The van der Waals surface area contributed by atoms with Gasteiger partial charge in [0.1, 0.15) is 17.3 Å². The Kier molecular flexibility index (Phi) is 2.86. The van der Waals surface area contributed by atoms with E-state index in [4.69, 9.17) is 5.73 Å². The van der Waals surface area contributed by atoms with E-state index in [-0.39, 0.29) is 6.07 Å². The lowest BCUT2D eigenvalue weighted by molar-refractivity contribution is 0.145. The summed E-state index contributed by atoms with van der Waals surface area (Å²) in [6.07, 6.45) is -3.05. The minimum absolute atomic E-state index is 0.279. The van der Waals surface area contributed by atoms with Crippen LogP contribution in [0, 0.1) is 5.82 Å². The first-order chi connectivity index (χ1) is 6.73. The summed E-state index contributed by atoms with van der Waals surface area (Å²) in [7, 11) is -4.41. The molecule has 0 aliphatic carbocycles. The molecular formula is C6H6F3N3O2S. The molecule has 0 amide bonds. The van der Waals surface area contributed by atoms with Gasteiger partial charge < -0.3 is 5.73 Å². The SMILES string of the molecule is Nc1nc(C(F)F)cc(F)c1S(N)(=O)=O. The van der Waals surface area contributed by atoms with Gasteiger partial charge in [0, 0.05) is 6.07 Å². The molecule has 1 rings (SSSR count). The lowest BCUT2D eigenvalue weighted by Gasteiger charge is -2.06. The molecule has 1 aromatic rings. The van der Waals surface area contributed by atoms with Crippen molar-refractivity contribution >= 4 is 15.8 Å². The van der Waals surface area contributed by atoms with Gasteiger partial charge in [-0.25, -0.2) is 31.7 Å². The molecule has 4 N–H and O–H groups in total. The number of rotatable bonds is 2. The molecule has 0 fully saturated rings. The van der Waals surface area contributed by atoms with Crippen LogP contribution in [-0.2, 0) is 10.0 Å². The van der Waals surface area contributed by atoms with Gasteiger partial charge in [0.2, 0.25) is 10.0 Å². The predicted molar refractivity (Wildman–Crippen MR) is 44.9 cm³/mol. The maximum atomic E-state index is 13.1. The fourth-order valence-corrected chi connectivity index (χ4v) is 1.60. The maximum Gasteiger partial charge on any atom is 0.280 e. The van der Waals surface area contributed by atoms with Crippen molar-refractivity contribution in [3.63, 3.8) is 0 Å². The third kappa shape index (κ3) is 2.36. The fourth-order valence-electron chi connectivity index (χ4n) is 0.933. The minimum Gasteiger partial charge on any atom is -0.382 e. The number of halogens is 3. The number of pyridine rings is 1. The average Bonchev–Trinajstić information content (AvgIpc) is 1.99. The molecule has 0 atom stereocenters. The number of aromatic nitrogens is 1. The minimum atomic E-state index is -4.41. The topological polar surface area (TPSA) is 99.1 Å². The monoisotopic (exact) mass is 241 g/mol. The summed E-state index contributed by atoms with van der Waals surface area (Å²) in [4.78, 5) is 1.95. The average molecular weight is 241 g/mol. The van der Waals surface area contributed by atoms with Crippen LogP contribution in [0.25, 0.3) is 0 Å². The number of nitrogens with zero attached hydrogens (tertiary/aromatic N) is 1. The third-order valence-corrected chi connectivity index (χ3v) is 2.45. The quantitative estimate of drug-likeness (QED) is 0.782. The molecule has 9 heteroatoms. The van der Waals surface area contributed by atoms with E-state index < -0.39 is 38.7 Å². The number of nitrogens with two attached hydrogens (primary N) is 2. The predicted octanol–water partition coefficient (Wildman–Crippen LogP) is 0.388. The van der Waals surface area contributed by atoms with Crippen LogP contribution in [0.4, 0.5) is 19.0 Å². The molecule has 0 bridgehead atoms. The first kappa shape index (κ1) is 11.7. The summed E-state index contributed by atoms with van der Waals surface area (Å²) in [5.74, 6) is -2.33.